The Morgan fingerprint density at radius 3 is 2.62 bits per heavy atom. The van der Waals surface area contributed by atoms with Crippen molar-refractivity contribution in [1.82, 2.24) is 24.9 Å². The Kier molecular flexibility index (Phi) is 6.71. The molecule has 34 heavy (non-hydrogen) atoms. The van der Waals surface area contributed by atoms with Gasteiger partial charge in [0.1, 0.15) is 11.6 Å². The highest BCUT2D eigenvalue weighted by Crippen LogP contribution is 2.30. The van der Waals surface area contributed by atoms with Crippen molar-refractivity contribution in [2.24, 2.45) is 5.92 Å². The maximum atomic E-state index is 13.7. The fraction of sp³-hybridized carbons (Fsp3) is 0.391. The first kappa shape index (κ1) is 23.5. The summed E-state index contributed by atoms with van der Waals surface area (Å²) in [6.07, 6.45) is 1.21. The van der Waals surface area contributed by atoms with E-state index >= 15 is 0 Å². The summed E-state index contributed by atoms with van der Waals surface area (Å²) in [6, 6.07) is 7.24. The first-order valence-electron chi connectivity index (χ1n) is 10.9. The summed E-state index contributed by atoms with van der Waals surface area (Å²) in [4.78, 5) is 20.8. The second kappa shape index (κ2) is 9.70. The number of ether oxygens (including phenoxy) is 1. The van der Waals surface area contributed by atoms with Crippen LogP contribution in [0.1, 0.15) is 35.7 Å². The fourth-order valence-corrected chi connectivity index (χ4v) is 4.17. The van der Waals surface area contributed by atoms with Gasteiger partial charge in [-0.1, -0.05) is 6.92 Å². The zero-order chi connectivity index (χ0) is 24.3. The lowest BCUT2D eigenvalue weighted by Crippen LogP contribution is -2.51. The number of amides is 1. The van der Waals surface area contributed by atoms with Crippen LogP contribution in [-0.4, -0.2) is 57.0 Å². The summed E-state index contributed by atoms with van der Waals surface area (Å²) < 4.78 is 43.8. The van der Waals surface area contributed by atoms with Crippen molar-refractivity contribution in [3.8, 4) is 11.4 Å². The first-order valence-corrected chi connectivity index (χ1v) is 10.9. The van der Waals surface area contributed by atoms with Gasteiger partial charge in [-0.15, -0.1) is 0 Å². The third-order valence-corrected chi connectivity index (χ3v) is 6.03. The number of hydrogen-bond acceptors (Lipinski definition) is 6. The lowest BCUT2D eigenvalue weighted by molar-refractivity contribution is -0.137. The lowest BCUT2D eigenvalue weighted by atomic mass is 9.90. The number of pyridine rings is 1. The molecule has 0 aliphatic carbocycles. The van der Waals surface area contributed by atoms with Gasteiger partial charge in [0.15, 0.2) is 0 Å². The standard InChI is InChI=1S/C23H25F3N6O2/c1-15-4-3-11-31(20(15)14-28-21-8-5-16(13-27-21)23(24,25)26)22(33)18-12-17(34-2)6-7-19(18)32-29-9-10-30-32/h5-10,12-13,15,20H,3-4,11,14H2,1-2H3,(H,27,28)/t15-,20-/m1/s1. The van der Waals surface area contributed by atoms with Gasteiger partial charge in [-0.2, -0.15) is 28.2 Å². The van der Waals surface area contributed by atoms with Crippen LogP contribution in [0.2, 0.25) is 0 Å². The Balaban J connectivity index is 1.57. The molecular formula is C23H25F3N6O2. The maximum Gasteiger partial charge on any atom is 0.417 e. The summed E-state index contributed by atoms with van der Waals surface area (Å²) in [7, 11) is 1.53. The van der Waals surface area contributed by atoms with E-state index in [0.29, 0.717) is 35.9 Å². The van der Waals surface area contributed by atoms with E-state index in [1.807, 2.05) is 0 Å². The van der Waals surface area contributed by atoms with Crippen molar-refractivity contribution < 1.29 is 22.7 Å². The largest absolute Gasteiger partial charge is 0.497 e. The topological polar surface area (TPSA) is 85.2 Å². The molecule has 1 N–H and O–H groups in total. The lowest BCUT2D eigenvalue weighted by Gasteiger charge is -2.40. The number of nitrogens with one attached hydrogen (secondary N) is 1. The van der Waals surface area contributed by atoms with Crippen molar-refractivity contribution in [1.29, 1.82) is 0 Å². The molecule has 1 aliphatic heterocycles. The van der Waals surface area contributed by atoms with Crippen LogP contribution < -0.4 is 10.1 Å². The second-order valence-corrected chi connectivity index (χ2v) is 8.20. The second-order valence-electron chi connectivity index (χ2n) is 8.20. The number of halogens is 3. The quantitative estimate of drug-likeness (QED) is 0.581. The maximum absolute atomic E-state index is 13.7. The average Bonchev–Trinajstić information content (AvgIpc) is 3.37. The number of benzene rings is 1. The molecule has 1 amide bonds. The molecule has 11 heteroatoms. The Labute approximate surface area is 194 Å². The van der Waals surface area contributed by atoms with Gasteiger partial charge >= 0.3 is 6.18 Å². The molecule has 8 nitrogen and oxygen atoms in total. The number of rotatable bonds is 6. The molecule has 4 rings (SSSR count). The molecule has 1 fully saturated rings. The Bertz CT molecular complexity index is 1120. The molecule has 1 aromatic carbocycles. The molecule has 0 bridgehead atoms. The minimum Gasteiger partial charge on any atom is -0.497 e. The molecule has 3 heterocycles. The molecule has 0 unspecified atom stereocenters. The van der Waals surface area contributed by atoms with Crippen molar-refractivity contribution in [2.75, 3.05) is 25.5 Å². The van der Waals surface area contributed by atoms with Gasteiger partial charge in [0.05, 0.1) is 42.4 Å². The van der Waals surface area contributed by atoms with Gasteiger partial charge in [-0.25, -0.2) is 4.98 Å². The smallest absolute Gasteiger partial charge is 0.417 e. The van der Waals surface area contributed by atoms with Gasteiger partial charge in [0, 0.05) is 19.3 Å². The van der Waals surface area contributed by atoms with Crippen LogP contribution in [0.4, 0.5) is 19.0 Å². The molecular weight excluding hydrogens is 449 g/mol. The minimum atomic E-state index is -4.44. The van der Waals surface area contributed by atoms with Crippen LogP contribution in [-0.2, 0) is 6.18 Å². The summed E-state index contributed by atoms with van der Waals surface area (Å²) in [6.45, 7) is 2.97. The number of methoxy groups -OCH3 is 1. The summed E-state index contributed by atoms with van der Waals surface area (Å²) in [5, 5.41) is 11.4. The predicted octanol–water partition coefficient (Wildman–Crippen LogP) is 4.04. The van der Waals surface area contributed by atoms with Crippen LogP contribution >= 0.6 is 0 Å². The predicted molar refractivity (Wildman–Crippen MR) is 119 cm³/mol. The van der Waals surface area contributed by atoms with Gasteiger partial charge in [0.2, 0.25) is 0 Å². The highest BCUT2D eigenvalue weighted by molar-refractivity contribution is 5.98. The number of carbonyl (C=O) groups excluding carboxylic acids is 1. The number of piperidine rings is 1. The first-order chi connectivity index (χ1) is 16.3. The number of aromatic nitrogens is 4. The third kappa shape index (κ3) is 4.97. The zero-order valence-electron chi connectivity index (χ0n) is 18.8. The molecule has 1 saturated heterocycles. The molecule has 2 atom stereocenters. The Morgan fingerprint density at radius 1 is 1.21 bits per heavy atom. The van der Waals surface area contributed by atoms with Crippen molar-refractivity contribution in [3.63, 3.8) is 0 Å². The molecule has 0 radical (unpaired) electrons. The number of carbonyl (C=O) groups is 1. The monoisotopic (exact) mass is 474 g/mol. The average molecular weight is 474 g/mol. The number of anilines is 1. The molecule has 2 aromatic heterocycles. The van der Waals surface area contributed by atoms with E-state index in [1.165, 1.54) is 30.4 Å². The van der Waals surface area contributed by atoms with Crippen LogP contribution in [0, 0.1) is 5.92 Å². The molecule has 0 saturated carbocycles. The van der Waals surface area contributed by atoms with E-state index in [2.05, 4.69) is 27.4 Å². The van der Waals surface area contributed by atoms with E-state index < -0.39 is 11.7 Å². The molecule has 1 aliphatic rings. The van der Waals surface area contributed by atoms with Crippen molar-refractivity contribution in [2.45, 2.75) is 32.0 Å². The van der Waals surface area contributed by atoms with E-state index in [9.17, 15) is 18.0 Å². The Morgan fingerprint density at radius 2 is 1.97 bits per heavy atom. The zero-order valence-corrected chi connectivity index (χ0v) is 18.8. The van der Waals surface area contributed by atoms with Gasteiger partial charge in [-0.3, -0.25) is 4.79 Å². The SMILES string of the molecule is COc1ccc(-n2nccn2)c(C(=O)N2CCC[C@@H](C)[C@H]2CNc2ccc(C(F)(F)F)cn2)c1. The van der Waals surface area contributed by atoms with Gasteiger partial charge in [0.25, 0.3) is 5.91 Å². The molecule has 180 valence electrons. The van der Waals surface area contributed by atoms with Crippen LogP contribution in [0.5, 0.6) is 5.75 Å². The number of likely N-dealkylation sites (tertiary alicyclic amines) is 1. The normalized spacial score (nSPS) is 18.6. The molecule has 3 aromatic rings. The van der Waals surface area contributed by atoms with Gasteiger partial charge < -0.3 is 15.0 Å². The highest BCUT2D eigenvalue weighted by atomic mass is 19.4. The van der Waals surface area contributed by atoms with Crippen LogP contribution in [0.25, 0.3) is 5.69 Å². The number of nitrogens with zero attached hydrogens (tertiary/aromatic N) is 5. The van der Waals surface area contributed by atoms with Crippen LogP contribution in [0.15, 0.2) is 48.9 Å². The highest BCUT2D eigenvalue weighted by Gasteiger charge is 2.34. The number of hydrogen-bond donors (Lipinski definition) is 1. The van der Waals surface area contributed by atoms with E-state index in [0.717, 1.165) is 25.1 Å². The van der Waals surface area contributed by atoms with Crippen molar-refractivity contribution in [3.05, 3.63) is 60.0 Å². The summed E-state index contributed by atoms with van der Waals surface area (Å²) in [5.41, 5.74) is 0.131. The van der Waals surface area contributed by atoms with E-state index in [-0.39, 0.29) is 17.9 Å². The van der Waals surface area contributed by atoms with E-state index in [1.54, 1.807) is 23.1 Å². The third-order valence-electron chi connectivity index (χ3n) is 6.03. The van der Waals surface area contributed by atoms with E-state index in [4.69, 9.17) is 4.74 Å². The summed E-state index contributed by atoms with van der Waals surface area (Å²) in [5.74, 6) is 0.843. The summed E-state index contributed by atoms with van der Waals surface area (Å²) >= 11 is 0. The van der Waals surface area contributed by atoms with Crippen LogP contribution in [0.3, 0.4) is 0 Å². The van der Waals surface area contributed by atoms with Crippen molar-refractivity contribution >= 4 is 11.7 Å². The number of alkyl halides is 3. The Hall–Kier alpha value is -3.63. The van der Waals surface area contributed by atoms with Gasteiger partial charge in [-0.05, 0) is 49.1 Å². The minimum absolute atomic E-state index is 0.177. The fourth-order valence-electron chi connectivity index (χ4n) is 4.17. The molecule has 0 spiro atoms.